The fourth-order valence-electron chi connectivity index (χ4n) is 1.99. The van der Waals surface area contributed by atoms with Crippen LogP contribution in [-0.4, -0.2) is 24.7 Å². The maximum atomic E-state index is 11.8. The second-order valence-electron chi connectivity index (χ2n) is 4.68. The Morgan fingerprint density at radius 3 is 2.58 bits per heavy atom. The smallest absolute Gasteiger partial charge is 0.225 e. The Balaban J connectivity index is 2.74. The highest BCUT2D eigenvalue weighted by atomic mass is 16.5. The first-order chi connectivity index (χ1) is 9.04. The number of aliphatic hydroxyl groups excluding tert-OH is 1. The van der Waals surface area contributed by atoms with Gasteiger partial charge in [-0.2, -0.15) is 0 Å². The molecule has 1 rings (SSSR count). The highest BCUT2D eigenvalue weighted by Crippen LogP contribution is 2.23. The lowest BCUT2D eigenvalue weighted by molar-refractivity contribution is -0.126. The molecule has 0 heterocycles. The summed E-state index contributed by atoms with van der Waals surface area (Å²) < 4.78 is 5.26. The van der Waals surface area contributed by atoms with E-state index in [0.717, 1.165) is 22.4 Å². The van der Waals surface area contributed by atoms with Crippen molar-refractivity contribution in [3.63, 3.8) is 0 Å². The molecule has 0 fully saturated rings. The van der Waals surface area contributed by atoms with E-state index in [4.69, 9.17) is 9.84 Å². The maximum Gasteiger partial charge on any atom is 0.225 e. The van der Waals surface area contributed by atoms with Crippen molar-refractivity contribution >= 4 is 5.91 Å². The number of methoxy groups -OCH3 is 1. The van der Waals surface area contributed by atoms with E-state index in [1.165, 1.54) is 0 Å². The van der Waals surface area contributed by atoms with E-state index in [1.807, 2.05) is 32.9 Å². The third-order valence-corrected chi connectivity index (χ3v) is 3.61. The molecule has 4 nitrogen and oxygen atoms in total. The molecule has 1 aromatic rings. The van der Waals surface area contributed by atoms with Crippen LogP contribution in [0.5, 0.6) is 5.75 Å². The summed E-state index contributed by atoms with van der Waals surface area (Å²) in [6.45, 7) is 6.28. The molecule has 0 bridgehead atoms. The number of rotatable bonds is 6. The maximum absolute atomic E-state index is 11.8. The summed E-state index contributed by atoms with van der Waals surface area (Å²) in [6.07, 6.45) is 0.642. The predicted octanol–water partition coefficient (Wildman–Crippen LogP) is 1.95. The zero-order chi connectivity index (χ0) is 14.4. The minimum Gasteiger partial charge on any atom is -0.496 e. The van der Waals surface area contributed by atoms with Crippen LogP contribution in [0.3, 0.4) is 0 Å². The zero-order valence-corrected chi connectivity index (χ0v) is 12.1. The van der Waals surface area contributed by atoms with Crippen molar-refractivity contribution in [3.05, 3.63) is 28.8 Å². The molecule has 1 atom stereocenters. The Morgan fingerprint density at radius 2 is 2.05 bits per heavy atom. The molecule has 1 amide bonds. The number of ether oxygens (including phenoxy) is 1. The number of benzene rings is 1. The molecule has 0 aliphatic carbocycles. The number of aliphatic hydroxyl groups is 1. The molecule has 0 aromatic heterocycles. The molecule has 0 saturated carbocycles. The molecular formula is C15H23NO3. The van der Waals surface area contributed by atoms with Crippen LogP contribution < -0.4 is 10.1 Å². The van der Waals surface area contributed by atoms with Gasteiger partial charge in [-0.15, -0.1) is 0 Å². The van der Waals surface area contributed by atoms with Gasteiger partial charge in [0.15, 0.2) is 0 Å². The molecule has 0 spiro atoms. The topological polar surface area (TPSA) is 58.6 Å². The Kier molecular flexibility index (Phi) is 5.83. The van der Waals surface area contributed by atoms with Crippen molar-refractivity contribution in [2.75, 3.05) is 13.7 Å². The van der Waals surface area contributed by atoms with E-state index in [2.05, 4.69) is 5.32 Å². The number of nitrogens with one attached hydrogen (secondary N) is 1. The zero-order valence-electron chi connectivity index (χ0n) is 12.1. The normalized spacial score (nSPS) is 12.1. The Labute approximate surface area is 114 Å². The molecule has 0 saturated heterocycles. The van der Waals surface area contributed by atoms with Crippen LogP contribution in [0.15, 0.2) is 12.1 Å². The molecule has 4 heteroatoms. The van der Waals surface area contributed by atoms with Gasteiger partial charge < -0.3 is 15.2 Å². The standard InChI is InChI=1S/C15H23NO3/c1-5-12(9-17)15(18)16-8-13-6-7-14(19-4)11(3)10(13)2/h6-7,12,17H,5,8-9H2,1-4H3,(H,16,18). The fraction of sp³-hybridized carbons (Fsp3) is 0.533. The lowest BCUT2D eigenvalue weighted by atomic mass is 10.0. The predicted molar refractivity (Wildman–Crippen MR) is 75.2 cm³/mol. The van der Waals surface area contributed by atoms with Crippen molar-refractivity contribution in [2.24, 2.45) is 5.92 Å². The molecule has 0 aliphatic rings. The third-order valence-electron chi connectivity index (χ3n) is 3.61. The largest absolute Gasteiger partial charge is 0.496 e. The van der Waals surface area contributed by atoms with Gasteiger partial charge >= 0.3 is 0 Å². The number of carbonyl (C=O) groups excluding carboxylic acids is 1. The van der Waals surface area contributed by atoms with E-state index in [9.17, 15) is 4.79 Å². The van der Waals surface area contributed by atoms with Crippen LogP contribution in [0, 0.1) is 19.8 Å². The van der Waals surface area contributed by atoms with Gasteiger partial charge in [-0.3, -0.25) is 4.79 Å². The van der Waals surface area contributed by atoms with Gasteiger partial charge in [-0.1, -0.05) is 13.0 Å². The fourth-order valence-corrected chi connectivity index (χ4v) is 1.99. The van der Waals surface area contributed by atoms with Crippen LogP contribution in [0.1, 0.15) is 30.0 Å². The van der Waals surface area contributed by atoms with E-state index in [-0.39, 0.29) is 18.4 Å². The van der Waals surface area contributed by atoms with Gasteiger partial charge in [0.05, 0.1) is 19.6 Å². The van der Waals surface area contributed by atoms with E-state index < -0.39 is 0 Å². The van der Waals surface area contributed by atoms with Gasteiger partial charge in [-0.05, 0) is 43.0 Å². The highest BCUT2D eigenvalue weighted by molar-refractivity contribution is 5.78. The van der Waals surface area contributed by atoms with Crippen LogP contribution in [-0.2, 0) is 11.3 Å². The van der Waals surface area contributed by atoms with Crippen LogP contribution in [0.4, 0.5) is 0 Å². The van der Waals surface area contributed by atoms with Gasteiger partial charge in [-0.25, -0.2) is 0 Å². The molecular weight excluding hydrogens is 242 g/mol. The summed E-state index contributed by atoms with van der Waals surface area (Å²) >= 11 is 0. The summed E-state index contributed by atoms with van der Waals surface area (Å²) in [7, 11) is 1.65. The Hall–Kier alpha value is -1.55. The Morgan fingerprint density at radius 1 is 1.37 bits per heavy atom. The average Bonchev–Trinajstić information content (AvgIpc) is 2.42. The van der Waals surface area contributed by atoms with Crippen molar-refractivity contribution < 1.29 is 14.6 Å². The molecule has 106 valence electrons. The highest BCUT2D eigenvalue weighted by Gasteiger charge is 2.15. The Bertz CT molecular complexity index is 439. The molecule has 2 N–H and O–H groups in total. The second-order valence-corrected chi connectivity index (χ2v) is 4.68. The average molecular weight is 265 g/mol. The van der Waals surface area contributed by atoms with Gasteiger partial charge in [0.25, 0.3) is 0 Å². The minimum atomic E-state index is -0.320. The number of hydrogen-bond donors (Lipinski definition) is 2. The minimum absolute atomic E-state index is 0.0992. The summed E-state index contributed by atoms with van der Waals surface area (Å²) in [4.78, 5) is 11.8. The number of hydrogen-bond acceptors (Lipinski definition) is 3. The molecule has 1 aromatic carbocycles. The first-order valence-electron chi connectivity index (χ1n) is 6.56. The molecule has 19 heavy (non-hydrogen) atoms. The number of amides is 1. The van der Waals surface area contributed by atoms with E-state index >= 15 is 0 Å². The third kappa shape index (κ3) is 3.70. The van der Waals surface area contributed by atoms with Crippen molar-refractivity contribution in [3.8, 4) is 5.75 Å². The van der Waals surface area contributed by atoms with Crippen LogP contribution >= 0.6 is 0 Å². The first kappa shape index (κ1) is 15.5. The second kappa shape index (κ2) is 7.14. The van der Waals surface area contributed by atoms with Crippen LogP contribution in [0.2, 0.25) is 0 Å². The SMILES string of the molecule is CCC(CO)C(=O)NCc1ccc(OC)c(C)c1C. The van der Waals surface area contributed by atoms with E-state index in [1.54, 1.807) is 7.11 Å². The van der Waals surface area contributed by atoms with Crippen molar-refractivity contribution in [1.29, 1.82) is 0 Å². The number of carbonyl (C=O) groups is 1. The lowest BCUT2D eigenvalue weighted by Crippen LogP contribution is -2.32. The van der Waals surface area contributed by atoms with Crippen LogP contribution in [0.25, 0.3) is 0 Å². The first-order valence-corrected chi connectivity index (χ1v) is 6.56. The summed E-state index contributed by atoms with van der Waals surface area (Å²) in [6, 6.07) is 3.87. The lowest BCUT2D eigenvalue weighted by Gasteiger charge is -2.15. The van der Waals surface area contributed by atoms with Gasteiger partial charge in [0.1, 0.15) is 5.75 Å². The molecule has 0 aliphatic heterocycles. The van der Waals surface area contributed by atoms with Crippen molar-refractivity contribution in [1.82, 2.24) is 5.32 Å². The molecule has 1 unspecified atom stereocenters. The monoisotopic (exact) mass is 265 g/mol. The summed E-state index contributed by atoms with van der Waals surface area (Å²) in [5, 5.41) is 11.9. The van der Waals surface area contributed by atoms with E-state index in [0.29, 0.717) is 13.0 Å². The molecule has 0 radical (unpaired) electrons. The van der Waals surface area contributed by atoms with Gasteiger partial charge in [0, 0.05) is 6.54 Å². The summed E-state index contributed by atoms with van der Waals surface area (Å²) in [5.74, 6) is 0.437. The van der Waals surface area contributed by atoms with Crippen molar-refractivity contribution in [2.45, 2.75) is 33.7 Å². The van der Waals surface area contributed by atoms with Gasteiger partial charge in [0.2, 0.25) is 5.91 Å². The quantitative estimate of drug-likeness (QED) is 0.826. The summed E-state index contributed by atoms with van der Waals surface area (Å²) in [5.41, 5.74) is 3.28.